The first-order chi connectivity index (χ1) is 9.97. The zero-order chi connectivity index (χ0) is 16.7. The highest BCUT2D eigenvalue weighted by atomic mass is 19.4. The van der Waals surface area contributed by atoms with Crippen LogP contribution in [0.2, 0.25) is 0 Å². The Labute approximate surface area is 125 Å². The van der Waals surface area contributed by atoms with Crippen molar-refractivity contribution in [1.29, 1.82) is 0 Å². The number of alkyl halides is 3. The lowest BCUT2D eigenvalue weighted by molar-refractivity contribution is -0.140. The molecule has 0 atom stereocenters. The second-order valence-electron chi connectivity index (χ2n) is 6.16. The molecular formula is C13H19F3N4O2. The number of hydrogen-bond acceptors (Lipinski definition) is 3. The molecule has 1 fully saturated rings. The maximum Gasteiger partial charge on any atom is 0.437 e. The standard InChI is InChI=1S/C13H19F3N4O2/c1-12(2,22)7-20(8-4-5-8)11(21)17-9-6-19(3)18-10(9)13(14,15)16/h6,8,22H,4-5,7H2,1-3H3,(H,17,21). The van der Waals surface area contributed by atoms with E-state index in [-0.39, 0.29) is 18.3 Å². The minimum atomic E-state index is -4.65. The van der Waals surface area contributed by atoms with Gasteiger partial charge in [0, 0.05) is 19.3 Å². The van der Waals surface area contributed by atoms with Crippen LogP contribution in [0, 0.1) is 0 Å². The van der Waals surface area contributed by atoms with Crippen LogP contribution < -0.4 is 5.32 Å². The zero-order valence-corrected chi connectivity index (χ0v) is 12.6. The lowest BCUT2D eigenvalue weighted by Crippen LogP contribution is -2.45. The summed E-state index contributed by atoms with van der Waals surface area (Å²) in [5.41, 5.74) is -2.65. The monoisotopic (exact) mass is 320 g/mol. The van der Waals surface area contributed by atoms with Gasteiger partial charge in [-0.25, -0.2) is 4.79 Å². The van der Waals surface area contributed by atoms with Crippen LogP contribution in [0.3, 0.4) is 0 Å². The van der Waals surface area contributed by atoms with E-state index in [1.165, 1.54) is 11.9 Å². The van der Waals surface area contributed by atoms with Crippen LogP contribution in [0.5, 0.6) is 0 Å². The Bertz CT molecular complexity index is 559. The minimum Gasteiger partial charge on any atom is -0.389 e. The predicted molar refractivity (Wildman–Crippen MR) is 73.3 cm³/mol. The van der Waals surface area contributed by atoms with Crippen LogP contribution in [-0.4, -0.2) is 44.0 Å². The molecule has 0 unspecified atom stereocenters. The summed E-state index contributed by atoms with van der Waals surface area (Å²) in [6.45, 7) is 3.13. The summed E-state index contributed by atoms with van der Waals surface area (Å²) >= 11 is 0. The summed E-state index contributed by atoms with van der Waals surface area (Å²) in [6, 6.07) is -0.708. The van der Waals surface area contributed by atoms with Crippen LogP contribution in [0.4, 0.5) is 23.7 Å². The van der Waals surface area contributed by atoms with E-state index in [1.807, 2.05) is 0 Å². The van der Waals surface area contributed by atoms with Crippen molar-refractivity contribution in [2.75, 3.05) is 11.9 Å². The fourth-order valence-corrected chi connectivity index (χ4v) is 2.15. The molecule has 0 aliphatic heterocycles. The molecule has 0 saturated heterocycles. The largest absolute Gasteiger partial charge is 0.437 e. The van der Waals surface area contributed by atoms with Crippen molar-refractivity contribution in [3.63, 3.8) is 0 Å². The Balaban J connectivity index is 2.17. The SMILES string of the molecule is Cn1cc(NC(=O)N(CC(C)(C)O)C2CC2)c(C(F)(F)F)n1. The molecule has 0 radical (unpaired) electrons. The van der Waals surface area contributed by atoms with E-state index in [4.69, 9.17) is 0 Å². The number of nitrogens with one attached hydrogen (secondary N) is 1. The smallest absolute Gasteiger partial charge is 0.389 e. The van der Waals surface area contributed by atoms with Crippen molar-refractivity contribution in [3.05, 3.63) is 11.9 Å². The lowest BCUT2D eigenvalue weighted by Gasteiger charge is -2.29. The average molecular weight is 320 g/mol. The molecule has 124 valence electrons. The van der Waals surface area contributed by atoms with E-state index in [2.05, 4.69) is 10.4 Å². The van der Waals surface area contributed by atoms with Gasteiger partial charge in [0.15, 0.2) is 5.69 Å². The van der Waals surface area contributed by atoms with Crippen molar-refractivity contribution in [2.24, 2.45) is 7.05 Å². The van der Waals surface area contributed by atoms with Gasteiger partial charge in [0.05, 0.1) is 17.8 Å². The highest BCUT2D eigenvalue weighted by molar-refractivity contribution is 5.90. The highest BCUT2D eigenvalue weighted by Gasteiger charge is 2.40. The average Bonchev–Trinajstić information content (AvgIpc) is 3.08. The third-order valence-corrected chi connectivity index (χ3v) is 3.14. The Morgan fingerprint density at radius 3 is 2.55 bits per heavy atom. The van der Waals surface area contributed by atoms with Crippen molar-refractivity contribution in [1.82, 2.24) is 14.7 Å². The minimum absolute atomic E-state index is 0.0440. The third-order valence-electron chi connectivity index (χ3n) is 3.14. The van der Waals surface area contributed by atoms with Crippen LogP contribution in [-0.2, 0) is 13.2 Å². The molecule has 1 aromatic heterocycles. The van der Waals surface area contributed by atoms with E-state index in [0.717, 1.165) is 23.7 Å². The third kappa shape index (κ3) is 4.12. The number of aryl methyl sites for hydroxylation is 1. The number of aliphatic hydroxyl groups is 1. The van der Waals surface area contributed by atoms with Crippen LogP contribution in [0.15, 0.2) is 6.20 Å². The Kier molecular flexibility index (Phi) is 4.12. The van der Waals surface area contributed by atoms with E-state index in [0.29, 0.717) is 0 Å². The van der Waals surface area contributed by atoms with Gasteiger partial charge in [-0.1, -0.05) is 0 Å². The molecule has 1 heterocycles. The number of nitrogens with zero attached hydrogens (tertiary/aromatic N) is 3. The lowest BCUT2D eigenvalue weighted by atomic mass is 10.1. The van der Waals surface area contributed by atoms with Gasteiger partial charge in [-0.15, -0.1) is 0 Å². The van der Waals surface area contributed by atoms with Crippen molar-refractivity contribution < 1.29 is 23.1 Å². The van der Waals surface area contributed by atoms with Crippen molar-refractivity contribution >= 4 is 11.7 Å². The molecule has 1 aliphatic carbocycles. The molecule has 0 spiro atoms. The molecule has 6 nitrogen and oxygen atoms in total. The van der Waals surface area contributed by atoms with Gasteiger partial charge >= 0.3 is 12.2 Å². The van der Waals surface area contributed by atoms with E-state index < -0.39 is 23.5 Å². The van der Waals surface area contributed by atoms with E-state index in [9.17, 15) is 23.1 Å². The number of rotatable bonds is 4. The summed E-state index contributed by atoms with van der Waals surface area (Å²) in [5.74, 6) is 0. The maximum absolute atomic E-state index is 12.9. The molecular weight excluding hydrogens is 301 g/mol. The first kappa shape index (κ1) is 16.6. The van der Waals surface area contributed by atoms with Gasteiger partial charge in [0.25, 0.3) is 0 Å². The number of carbonyl (C=O) groups excluding carboxylic acids is 1. The normalized spacial score (nSPS) is 15.8. The second-order valence-corrected chi connectivity index (χ2v) is 6.16. The Hall–Kier alpha value is -1.77. The van der Waals surface area contributed by atoms with E-state index >= 15 is 0 Å². The molecule has 0 bridgehead atoms. The number of halogens is 3. The molecule has 9 heteroatoms. The second kappa shape index (κ2) is 5.45. The summed E-state index contributed by atoms with van der Waals surface area (Å²) < 4.78 is 39.6. The zero-order valence-electron chi connectivity index (χ0n) is 12.6. The molecule has 1 aromatic rings. The molecule has 0 aromatic carbocycles. The molecule has 22 heavy (non-hydrogen) atoms. The Morgan fingerprint density at radius 1 is 1.50 bits per heavy atom. The van der Waals surface area contributed by atoms with Gasteiger partial charge in [-0.3, -0.25) is 4.68 Å². The summed E-state index contributed by atoms with van der Waals surface area (Å²) in [7, 11) is 1.35. The quantitative estimate of drug-likeness (QED) is 0.893. The number of hydrogen-bond donors (Lipinski definition) is 2. The van der Waals surface area contributed by atoms with Crippen LogP contribution in [0.1, 0.15) is 32.4 Å². The molecule has 2 amide bonds. The number of amides is 2. The summed E-state index contributed by atoms with van der Waals surface area (Å²) in [5, 5.41) is 15.4. The van der Waals surface area contributed by atoms with Gasteiger partial charge in [-0.05, 0) is 26.7 Å². The number of urea groups is 1. The maximum atomic E-state index is 12.9. The van der Waals surface area contributed by atoms with Gasteiger partial charge in [0.1, 0.15) is 0 Å². The Morgan fingerprint density at radius 2 is 2.09 bits per heavy atom. The van der Waals surface area contributed by atoms with Gasteiger partial charge in [0.2, 0.25) is 0 Å². The summed E-state index contributed by atoms with van der Waals surface area (Å²) in [4.78, 5) is 13.6. The predicted octanol–water partition coefficient (Wildman–Crippen LogP) is 2.21. The van der Waals surface area contributed by atoms with E-state index in [1.54, 1.807) is 13.8 Å². The topological polar surface area (TPSA) is 70.4 Å². The fourth-order valence-electron chi connectivity index (χ4n) is 2.15. The molecule has 1 aliphatic rings. The molecule has 2 rings (SSSR count). The number of carbonyl (C=O) groups is 1. The first-order valence-electron chi connectivity index (χ1n) is 6.88. The highest BCUT2D eigenvalue weighted by Crippen LogP contribution is 2.34. The van der Waals surface area contributed by atoms with Crippen molar-refractivity contribution in [3.8, 4) is 0 Å². The van der Waals surface area contributed by atoms with Crippen LogP contribution >= 0.6 is 0 Å². The van der Waals surface area contributed by atoms with Crippen LogP contribution in [0.25, 0.3) is 0 Å². The first-order valence-corrected chi connectivity index (χ1v) is 6.88. The molecule has 1 saturated carbocycles. The van der Waals surface area contributed by atoms with Gasteiger partial charge < -0.3 is 15.3 Å². The van der Waals surface area contributed by atoms with Crippen molar-refractivity contribution in [2.45, 2.75) is 44.5 Å². The van der Waals surface area contributed by atoms with Gasteiger partial charge in [-0.2, -0.15) is 18.3 Å². The summed E-state index contributed by atoms with van der Waals surface area (Å²) in [6.07, 6.45) is -1.98. The number of anilines is 1. The molecule has 2 N–H and O–H groups in total. The number of aromatic nitrogens is 2. The fraction of sp³-hybridized carbons (Fsp3) is 0.692.